The van der Waals surface area contributed by atoms with E-state index in [0.29, 0.717) is 0 Å². The maximum absolute atomic E-state index is 10.9. The number of hydrogen-bond acceptors (Lipinski definition) is 3. The van der Waals surface area contributed by atoms with Gasteiger partial charge in [0, 0.05) is 12.0 Å². The smallest absolute Gasteiger partial charge is 0.331 e. The van der Waals surface area contributed by atoms with Crippen LogP contribution < -0.4 is 0 Å². The lowest BCUT2D eigenvalue weighted by Crippen LogP contribution is -2.36. The number of carbonyl (C=O) groups excluding carboxylic acids is 1. The molecule has 0 amide bonds. The summed E-state index contributed by atoms with van der Waals surface area (Å²) in [5, 5.41) is 0. The molecule has 1 atom stereocenters. The first-order valence-electron chi connectivity index (χ1n) is 3.98. The average molecular weight is 171 g/mol. The lowest BCUT2D eigenvalue weighted by Gasteiger charge is -2.26. The molecule has 0 saturated heterocycles. The van der Waals surface area contributed by atoms with E-state index in [2.05, 4.69) is 6.58 Å². The van der Waals surface area contributed by atoms with Crippen LogP contribution in [0.3, 0.4) is 0 Å². The van der Waals surface area contributed by atoms with E-state index >= 15 is 0 Å². The van der Waals surface area contributed by atoms with Crippen LogP contribution in [-0.2, 0) is 9.53 Å². The van der Waals surface area contributed by atoms with Crippen molar-refractivity contribution in [3.05, 3.63) is 12.7 Å². The van der Waals surface area contributed by atoms with Crippen molar-refractivity contribution in [2.45, 2.75) is 20.1 Å². The Hall–Kier alpha value is -0.830. The van der Waals surface area contributed by atoms with Crippen LogP contribution in [0.4, 0.5) is 0 Å². The molecule has 0 fully saturated rings. The normalized spacial score (nSPS) is 13.2. The summed E-state index contributed by atoms with van der Waals surface area (Å²) in [7, 11) is 3.75. The summed E-state index contributed by atoms with van der Waals surface area (Å²) in [6, 6.07) is 0. The number of rotatable bonds is 4. The first-order valence-corrected chi connectivity index (χ1v) is 3.98. The fraction of sp³-hybridized carbons (Fsp3) is 0.667. The molecule has 0 N–H and O–H groups in total. The minimum atomic E-state index is -0.373. The van der Waals surface area contributed by atoms with E-state index < -0.39 is 0 Å². The summed E-state index contributed by atoms with van der Waals surface area (Å²) in [4.78, 5) is 12.7. The first kappa shape index (κ1) is 11.2. The molecule has 0 saturated carbocycles. The maximum Gasteiger partial charge on any atom is 0.331 e. The Morgan fingerprint density at radius 3 is 2.25 bits per heavy atom. The van der Waals surface area contributed by atoms with Crippen molar-refractivity contribution >= 4 is 5.97 Å². The predicted molar refractivity (Wildman–Crippen MR) is 48.6 cm³/mol. The highest BCUT2D eigenvalue weighted by Gasteiger charge is 2.18. The zero-order valence-corrected chi connectivity index (χ0v) is 8.20. The molecule has 70 valence electrons. The molecule has 3 nitrogen and oxygen atoms in total. The van der Waals surface area contributed by atoms with E-state index in [1.165, 1.54) is 6.08 Å². The lowest BCUT2D eigenvalue weighted by atomic mass is 10.2. The highest BCUT2D eigenvalue weighted by atomic mass is 16.6. The largest absolute Gasteiger partial charge is 0.443 e. The SMILES string of the molecule is C=CC(=O)OC(C(C)C)N(C)C. The van der Waals surface area contributed by atoms with Crippen molar-refractivity contribution in [2.75, 3.05) is 14.1 Å². The van der Waals surface area contributed by atoms with Crippen LogP contribution >= 0.6 is 0 Å². The second-order valence-electron chi connectivity index (χ2n) is 3.24. The van der Waals surface area contributed by atoms with Gasteiger partial charge in [-0.3, -0.25) is 4.90 Å². The highest BCUT2D eigenvalue weighted by Crippen LogP contribution is 2.08. The van der Waals surface area contributed by atoms with Crippen LogP contribution in [0.25, 0.3) is 0 Å². The third-order valence-corrected chi connectivity index (χ3v) is 1.48. The van der Waals surface area contributed by atoms with E-state index in [9.17, 15) is 4.79 Å². The maximum atomic E-state index is 10.9. The van der Waals surface area contributed by atoms with E-state index in [0.717, 1.165) is 0 Å². The Balaban J connectivity index is 4.13. The third-order valence-electron chi connectivity index (χ3n) is 1.48. The van der Waals surface area contributed by atoms with Crippen LogP contribution in [0.2, 0.25) is 0 Å². The van der Waals surface area contributed by atoms with Gasteiger partial charge in [-0.25, -0.2) is 4.79 Å². The Morgan fingerprint density at radius 1 is 1.50 bits per heavy atom. The van der Waals surface area contributed by atoms with Gasteiger partial charge >= 0.3 is 5.97 Å². The summed E-state index contributed by atoms with van der Waals surface area (Å²) in [5.41, 5.74) is 0. The van der Waals surface area contributed by atoms with Crippen molar-refractivity contribution in [2.24, 2.45) is 5.92 Å². The molecular formula is C9H17NO2. The van der Waals surface area contributed by atoms with Crippen LogP contribution in [0.15, 0.2) is 12.7 Å². The second kappa shape index (κ2) is 4.93. The van der Waals surface area contributed by atoms with Gasteiger partial charge in [0.15, 0.2) is 6.23 Å². The molecule has 0 aliphatic carbocycles. The fourth-order valence-corrected chi connectivity index (χ4v) is 1.00. The molecule has 0 heterocycles. The molecule has 12 heavy (non-hydrogen) atoms. The van der Waals surface area contributed by atoms with Crippen molar-refractivity contribution in [3.63, 3.8) is 0 Å². The monoisotopic (exact) mass is 171 g/mol. The number of ether oxygens (including phenoxy) is 1. The van der Waals surface area contributed by atoms with E-state index in [4.69, 9.17) is 4.74 Å². The molecule has 0 aliphatic rings. The molecule has 0 aromatic carbocycles. The van der Waals surface area contributed by atoms with Gasteiger partial charge in [0.05, 0.1) is 0 Å². The standard InChI is InChI=1S/C9H17NO2/c1-6-8(11)12-9(7(2)3)10(4)5/h6-7,9H,1H2,2-5H3. The summed E-state index contributed by atoms with van der Waals surface area (Å²) in [6.45, 7) is 7.34. The van der Waals surface area contributed by atoms with Gasteiger partial charge in [0.1, 0.15) is 0 Å². The predicted octanol–water partition coefficient (Wildman–Crippen LogP) is 1.26. The zero-order chi connectivity index (χ0) is 9.72. The molecule has 0 aromatic heterocycles. The van der Waals surface area contributed by atoms with Gasteiger partial charge in [-0.2, -0.15) is 0 Å². The number of nitrogens with zero attached hydrogens (tertiary/aromatic N) is 1. The Bertz CT molecular complexity index is 156. The van der Waals surface area contributed by atoms with E-state index in [-0.39, 0.29) is 18.1 Å². The molecule has 3 heteroatoms. The summed E-state index contributed by atoms with van der Waals surface area (Å²) < 4.78 is 5.09. The number of hydrogen-bond donors (Lipinski definition) is 0. The van der Waals surface area contributed by atoms with Crippen molar-refractivity contribution in [1.82, 2.24) is 4.90 Å². The topological polar surface area (TPSA) is 29.5 Å². The second-order valence-corrected chi connectivity index (χ2v) is 3.24. The zero-order valence-electron chi connectivity index (χ0n) is 8.20. The molecule has 0 bridgehead atoms. The number of esters is 1. The van der Waals surface area contributed by atoms with Crippen LogP contribution in [0, 0.1) is 5.92 Å². The first-order chi connectivity index (χ1) is 5.49. The van der Waals surface area contributed by atoms with Crippen LogP contribution in [0.1, 0.15) is 13.8 Å². The summed E-state index contributed by atoms with van der Waals surface area (Å²) >= 11 is 0. The van der Waals surface area contributed by atoms with Crippen molar-refractivity contribution in [1.29, 1.82) is 0 Å². The summed E-state index contributed by atoms with van der Waals surface area (Å²) in [5.74, 6) is -0.0914. The van der Waals surface area contributed by atoms with Gasteiger partial charge in [-0.05, 0) is 14.1 Å². The van der Waals surface area contributed by atoms with Gasteiger partial charge < -0.3 is 4.74 Å². The van der Waals surface area contributed by atoms with E-state index in [1.54, 1.807) is 0 Å². The highest BCUT2D eigenvalue weighted by molar-refractivity contribution is 5.81. The number of carbonyl (C=O) groups is 1. The minimum absolute atomic E-state index is 0.171. The molecule has 1 unspecified atom stereocenters. The quantitative estimate of drug-likeness (QED) is 0.362. The van der Waals surface area contributed by atoms with Crippen molar-refractivity contribution in [3.8, 4) is 0 Å². The Kier molecular flexibility index (Phi) is 4.59. The van der Waals surface area contributed by atoms with Gasteiger partial charge in [-0.15, -0.1) is 0 Å². The van der Waals surface area contributed by atoms with Crippen molar-refractivity contribution < 1.29 is 9.53 Å². The molecule has 0 spiro atoms. The summed E-state index contributed by atoms with van der Waals surface area (Å²) in [6.07, 6.45) is 1.01. The third kappa shape index (κ3) is 3.53. The lowest BCUT2D eigenvalue weighted by molar-refractivity contribution is -0.154. The van der Waals surface area contributed by atoms with Crippen LogP contribution in [0.5, 0.6) is 0 Å². The Labute approximate surface area is 74.0 Å². The minimum Gasteiger partial charge on any atom is -0.443 e. The molecule has 0 aromatic rings. The van der Waals surface area contributed by atoms with E-state index in [1.807, 2.05) is 32.8 Å². The van der Waals surface area contributed by atoms with Gasteiger partial charge in [0.2, 0.25) is 0 Å². The fourth-order valence-electron chi connectivity index (χ4n) is 1.00. The average Bonchev–Trinajstić information content (AvgIpc) is 1.98. The Morgan fingerprint density at radius 2 is 2.00 bits per heavy atom. The van der Waals surface area contributed by atoms with Crippen LogP contribution in [-0.4, -0.2) is 31.2 Å². The molecule has 0 rings (SSSR count). The molecular weight excluding hydrogens is 154 g/mol. The molecule has 0 aliphatic heterocycles. The van der Waals surface area contributed by atoms with Gasteiger partial charge in [0.25, 0.3) is 0 Å². The molecule has 0 radical (unpaired) electrons. The van der Waals surface area contributed by atoms with Gasteiger partial charge in [-0.1, -0.05) is 20.4 Å².